The molecule has 0 bridgehead atoms. The molecule has 0 aromatic heterocycles. The van der Waals surface area contributed by atoms with Gasteiger partial charge in [0.15, 0.2) is 6.10 Å². The highest BCUT2D eigenvalue weighted by Crippen LogP contribution is 2.27. The van der Waals surface area contributed by atoms with Crippen LogP contribution in [0.1, 0.15) is 55.3 Å². The van der Waals surface area contributed by atoms with Crippen molar-refractivity contribution in [3.05, 3.63) is 29.8 Å². The Kier molecular flexibility index (Phi) is 9.26. The number of carbonyl (C=O) groups excluding carboxylic acids is 1. The summed E-state index contributed by atoms with van der Waals surface area (Å²) in [5.41, 5.74) is 7.12. The van der Waals surface area contributed by atoms with Crippen LogP contribution >= 0.6 is 0 Å². The molecule has 9 nitrogen and oxygen atoms in total. The van der Waals surface area contributed by atoms with Crippen LogP contribution in [0.5, 0.6) is 0 Å². The molecular weight excluding hydrogens is 402 g/mol. The Hall–Kier alpha value is -2.65. The fourth-order valence-corrected chi connectivity index (χ4v) is 4.11. The van der Waals surface area contributed by atoms with E-state index >= 15 is 0 Å². The number of likely N-dealkylation sites (tertiary alicyclic amines) is 1. The number of aliphatic carboxylic acids is 2. The zero-order valence-corrected chi connectivity index (χ0v) is 17.9. The molecule has 2 atom stereocenters. The minimum Gasteiger partial charge on any atom is -0.481 e. The van der Waals surface area contributed by atoms with Crippen LogP contribution < -0.4 is 5.73 Å². The summed E-state index contributed by atoms with van der Waals surface area (Å²) >= 11 is 0. The number of carbonyl (C=O) groups is 3. The van der Waals surface area contributed by atoms with Gasteiger partial charge in [-0.1, -0.05) is 19.3 Å². The number of rotatable bonds is 6. The quantitative estimate of drug-likeness (QED) is 0.494. The molecule has 1 saturated carbocycles. The Bertz CT molecular complexity index is 748. The largest absolute Gasteiger partial charge is 0.481 e. The number of anilines is 1. The van der Waals surface area contributed by atoms with Crippen LogP contribution in [0, 0.1) is 0 Å². The highest BCUT2D eigenvalue weighted by atomic mass is 16.4. The topological polar surface area (TPSA) is 144 Å². The molecule has 5 N–H and O–H groups in total. The smallest absolute Gasteiger partial charge is 0.333 e. The molecule has 2 aliphatic rings. The van der Waals surface area contributed by atoms with Gasteiger partial charge < -0.3 is 26.0 Å². The first kappa shape index (κ1) is 24.6. The number of aliphatic hydroxyl groups is 1. The van der Waals surface area contributed by atoms with Gasteiger partial charge in [-0.2, -0.15) is 0 Å². The van der Waals surface area contributed by atoms with E-state index in [-0.39, 0.29) is 5.91 Å². The lowest BCUT2D eigenvalue weighted by Gasteiger charge is -2.32. The van der Waals surface area contributed by atoms with Crippen LogP contribution in [-0.4, -0.2) is 81.3 Å². The average molecular weight is 436 g/mol. The zero-order valence-electron chi connectivity index (χ0n) is 17.9. The standard InChI is InChI=1S/C18H27N3O.C4H6O5/c1-20(18(22)14-7-9-15(19)10-8-14)17-11-12-21(13-17)16-5-3-2-4-6-16;5-2(4(8)9)1-3(6)7/h7-10,16-17H,2-6,11-13,19H2,1H3;2,5H,1H2,(H,6,7)(H,8,9). The van der Waals surface area contributed by atoms with Gasteiger partial charge in [-0.25, -0.2) is 4.79 Å². The second-order valence-corrected chi connectivity index (χ2v) is 8.22. The Morgan fingerprint density at radius 1 is 1.10 bits per heavy atom. The van der Waals surface area contributed by atoms with Gasteiger partial charge in [-0.05, 0) is 43.5 Å². The first-order valence-corrected chi connectivity index (χ1v) is 10.7. The predicted molar refractivity (Wildman–Crippen MR) is 116 cm³/mol. The minimum atomic E-state index is -1.79. The first-order chi connectivity index (χ1) is 14.7. The predicted octanol–water partition coefficient (Wildman–Crippen LogP) is 1.65. The molecule has 1 heterocycles. The van der Waals surface area contributed by atoms with E-state index in [1.165, 1.54) is 32.1 Å². The second-order valence-electron chi connectivity index (χ2n) is 8.22. The summed E-state index contributed by atoms with van der Waals surface area (Å²) in [6.45, 7) is 2.16. The van der Waals surface area contributed by atoms with E-state index in [4.69, 9.17) is 21.1 Å². The summed E-state index contributed by atoms with van der Waals surface area (Å²) in [6.07, 6.45) is 5.34. The molecular formula is C22H33N3O6. The van der Waals surface area contributed by atoms with Crippen molar-refractivity contribution in [1.29, 1.82) is 0 Å². The summed E-state index contributed by atoms with van der Waals surface area (Å²) in [5.74, 6) is -2.74. The lowest BCUT2D eigenvalue weighted by Crippen LogP contribution is -2.41. The monoisotopic (exact) mass is 435 g/mol. The Balaban J connectivity index is 0.000000323. The van der Waals surface area contributed by atoms with Crippen LogP contribution in [0.15, 0.2) is 24.3 Å². The molecule has 1 aliphatic carbocycles. The third-order valence-electron chi connectivity index (χ3n) is 5.96. The number of nitrogen functional groups attached to an aromatic ring is 1. The van der Waals surface area contributed by atoms with Gasteiger partial charge >= 0.3 is 11.9 Å². The van der Waals surface area contributed by atoms with Gasteiger partial charge in [-0.15, -0.1) is 0 Å². The van der Waals surface area contributed by atoms with Crippen molar-refractivity contribution in [3.8, 4) is 0 Å². The van der Waals surface area contributed by atoms with Crippen molar-refractivity contribution in [2.75, 3.05) is 25.9 Å². The lowest BCUT2D eigenvalue weighted by molar-refractivity contribution is -0.152. The van der Waals surface area contributed by atoms with Gasteiger partial charge in [0.05, 0.1) is 6.42 Å². The summed E-state index contributed by atoms with van der Waals surface area (Å²) in [5, 5.41) is 24.1. The molecule has 172 valence electrons. The molecule has 1 saturated heterocycles. The maximum Gasteiger partial charge on any atom is 0.333 e. The number of hydrogen-bond donors (Lipinski definition) is 4. The van der Waals surface area contributed by atoms with E-state index in [0.717, 1.165) is 31.1 Å². The van der Waals surface area contributed by atoms with E-state index in [1.54, 1.807) is 12.1 Å². The zero-order chi connectivity index (χ0) is 23.0. The number of benzene rings is 1. The number of nitrogens with zero attached hydrogens (tertiary/aromatic N) is 2. The Morgan fingerprint density at radius 3 is 2.23 bits per heavy atom. The van der Waals surface area contributed by atoms with Crippen molar-refractivity contribution in [2.24, 2.45) is 0 Å². The lowest BCUT2D eigenvalue weighted by atomic mass is 9.94. The number of aliphatic hydroxyl groups excluding tert-OH is 1. The number of hydrogen-bond acceptors (Lipinski definition) is 6. The molecule has 9 heteroatoms. The maximum atomic E-state index is 12.6. The van der Waals surface area contributed by atoms with Gasteiger partial charge in [-0.3, -0.25) is 14.5 Å². The van der Waals surface area contributed by atoms with Crippen molar-refractivity contribution >= 4 is 23.5 Å². The minimum absolute atomic E-state index is 0.107. The fraction of sp³-hybridized carbons (Fsp3) is 0.591. The third kappa shape index (κ3) is 7.52. The number of carboxylic acids is 2. The van der Waals surface area contributed by atoms with E-state index < -0.39 is 24.5 Å². The first-order valence-electron chi connectivity index (χ1n) is 10.7. The molecule has 2 unspecified atom stereocenters. The molecule has 1 aromatic rings. The fourth-order valence-electron chi connectivity index (χ4n) is 4.11. The number of carboxylic acid groups (broad SMARTS) is 2. The van der Waals surface area contributed by atoms with Crippen molar-refractivity contribution < 1.29 is 29.7 Å². The van der Waals surface area contributed by atoms with E-state index in [9.17, 15) is 14.4 Å². The molecule has 3 rings (SSSR count). The van der Waals surface area contributed by atoms with Gasteiger partial charge in [0.25, 0.3) is 5.91 Å². The highest BCUT2D eigenvalue weighted by Gasteiger charge is 2.32. The molecule has 31 heavy (non-hydrogen) atoms. The van der Waals surface area contributed by atoms with E-state index in [0.29, 0.717) is 11.7 Å². The SMILES string of the molecule is CN(C(=O)c1ccc(N)cc1)C1CCN(C2CCCCC2)C1.O=C(O)CC(O)C(=O)O. The molecule has 0 spiro atoms. The average Bonchev–Trinajstić information content (AvgIpc) is 3.24. The summed E-state index contributed by atoms with van der Waals surface area (Å²) in [6, 6.07) is 8.32. The summed E-state index contributed by atoms with van der Waals surface area (Å²) in [4.78, 5) is 36.5. The number of amides is 1. The highest BCUT2D eigenvalue weighted by molar-refractivity contribution is 5.94. The van der Waals surface area contributed by atoms with Crippen LogP contribution in [0.25, 0.3) is 0 Å². The maximum absolute atomic E-state index is 12.6. The van der Waals surface area contributed by atoms with E-state index in [2.05, 4.69) is 4.90 Å². The molecule has 1 aromatic carbocycles. The van der Waals surface area contributed by atoms with Crippen molar-refractivity contribution in [3.63, 3.8) is 0 Å². The van der Waals surface area contributed by atoms with Gasteiger partial charge in [0.1, 0.15) is 0 Å². The van der Waals surface area contributed by atoms with Crippen molar-refractivity contribution in [2.45, 2.75) is 63.1 Å². The Labute approximate surface area is 182 Å². The van der Waals surface area contributed by atoms with E-state index in [1.807, 2.05) is 24.1 Å². The van der Waals surface area contributed by atoms with Gasteiger partial charge in [0, 0.05) is 43.5 Å². The number of likely N-dealkylation sites (N-methyl/N-ethyl adjacent to an activating group) is 1. The summed E-state index contributed by atoms with van der Waals surface area (Å²) in [7, 11) is 1.94. The Morgan fingerprint density at radius 2 is 1.71 bits per heavy atom. The molecule has 2 fully saturated rings. The van der Waals surface area contributed by atoms with Crippen LogP contribution in [0.4, 0.5) is 5.69 Å². The van der Waals surface area contributed by atoms with Gasteiger partial charge in [0.2, 0.25) is 0 Å². The normalized spacial score (nSPS) is 20.4. The molecule has 0 radical (unpaired) electrons. The van der Waals surface area contributed by atoms with Crippen molar-refractivity contribution in [1.82, 2.24) is 9.80 Å². The summed E-state index contributed by atoms with van der Waals surface area (Å²) < 4.78 is 0. The van der Waals surface area contributed by atoms with Crippen LogP contribution in [-0.2, 0) is 9.59 Å². The number of nitrogens with two attached hydrogens (primary N) is 1. The second kappa shape index (κ2) is 11.7. The third-order valence-corrected chi connectivity index (χ3v) is 5.96. The molecule has 1 aliphatic heterocycles. The van der Waals surface area contributed by atoms with Crippen LogP contribution in [0.2, 0.25) is 0 Å². The molecule has 1 amide bonds. The van der Waals surface area contributed by atoms with Crippen LogP contribution in [0.3, 0.4) is 0 Å².